The molecule has 0 amide bonds. The van der Waals surface area contributed by atoms with Crippen LogP contribution in [0.5, 0.6) is 0 Å². The Balaban J connectivity index is 1.47. The number of thiophene rings is 2. The van der Waals surface area contributed by atoms with Gasteiger partial charge in [-0.05, 0) is 23.9 Å². The van der Waals surface area contributed by atoms with Crippen LogP contribution in [-0.2, 0) is 12.3 Å². The SMILES string of the molecule is CCn1c(SCc2nc(-c3cccs3)no2)nc2scc(-c3ccccc3)c2c1=O. The molecule has 0 atom stereocenters. The van der Waals surface area contributed by atoms with Crippen molar-refractivity contribution >= 4 is 44.7 Å². The van der Waals surface area contributed by atoms with Crippen molar-refractivity contribution in [2.24, 2.45) is 0 Å². The molecule has 30 heavy (non-hydrogen) atoms. The zero-order valence-corrected chi connectivity index (χ0v) is 18.4. The van der Waals surface area contributed by atoms with Gasteiger partial charge in [-0.15, -0.1) is 22.7 Å². The van der Waals surface area contributed by atoms with Gasteiger partial charge in [-0.25, -0.2) is 4.98 Å². The minimum atomic E-state index is -0.0186. The molecule has 5 aromatic rings. The third kappa shape index (κ3) is 3.49. The first-order valence-electron chi connectivity index (χ1n) is 9.31. The molecule has 0 fully saturated rings. The van der Waals surface area contributed by atoms with E-state index >= 15 is 0 Å². The summed E-state index contributed by atoms with van der Waals surface area (Å²) in [7, 11) is 0. The number of nitrogens with zero attached hydrogens (tertiary/aromatic N) is 4. The van der Waals surface area contributed by atoms with Crippen LogP contribution in [0.3, 0.4) is 0 Å². The zero-order valence-electron chi connectivity index (χ0n) is 15.9. The van der Waals surface area contributed by atoms with Gasteiger partial charge in [0, 0.05) is 17.5 Å². The molecule has 0 bridgehead atoms. The summed E-state index contributed by atoms with van der Waals surface area (Å²) in [6.45, 7) is 2.49. The van der Waals surface area contributed by atoms with Crippen molar-refractivity contribution in [3.63, 3.8) is 0 Å². The number of fused-ring (bicyclic) bond motifs is 1. The van der Waals surface area contributed by atoms with Crippen LogP contribution in [0, 0.1) is 0 Å². The zero-order chi connectivity index (χ0) is 20.5. The average Bonchev–Trinajstić information content (AvgIpc) is 3.53. The number of thioether (sulfide) groups is 1. The first-order chi connectivity index (χ1) is 14.7. The standard InChI is InChI=1S/C21H16N4O2S3/c1-2-25-20(26)17-14(13-7-4-3-5-8-13)11-29-19(17)23-21(25)30-12-16-22-18(24-27-16)15-9-6-10-28-15/h3-11H,2,12H2,1H3. The van der Waals surface area contributed by atoms with Crippen LogP contribution < -0.4 is 5.56 Å². The monoisotopic (exact) mass is 452 g/mol. The molecule has 0 aliphatic heterocycles. The fourth-order valence-electron chi connectivity index (χ4n) is 3.17. The van der Waals surface area contributed by atoms with E-state index in [0.717, 1.165) is 20.8 Å². The molecule has 0 saturated carbocycles. The summed E-state index contributed by atoms with van der Waals surface area (Å²) >= 11 is 4.49. The van der Waals surface area contributed by atoms with Crippen molar-refractivity contribution in [1.29, 1.82) is 0 Å². The largest absolute Gasteiger partial charge is 0.338 e. The second-order valence-corrected chi connectivity index (χ2v) is 9.17. The van der Waals surface area contributed by atoms with Crippen LogP contribution in [0.25, 0.3) is 32.0 Å². The first-order valence-corrected chi connectivity index (χ1v) is 12.1. The van der Waals surface area contributed by atoms with E-state index < -0.39 is 0 Å². The summed E-state index contributed by atoms with van der Waals surface area (Å²) < 4.78 is 7.09. The Hall–Kier alpha value is -2.75. The molecule has 0 aliphatic rings. The van der Waals surface area contributed by atoms with Gasteiger partial charge in [-0.1, -0.05) is 53.3 Å². The van der Waals surface area contributed by atoms with E-state index in [2.05, 4.69) is 10.1 Å². The Kier molecular flexibility index (Phi) is 5.24. The van der Waals surface area contributed by atoms with Gasteiger partial charge in [0.05, 0.1) is 16.0 Å². The third-order valence-corrected chi connectivity index (χ3v) is 7.29. The second-order valence-electron chi connectivity index (χ2n) is 6.42. The topological polar surface area (TPSA) is 73.8 Å². The Morgan fingerprint density at radius 2 is 1.97 bits per heavy atom. The highest BCUT2D eigenvalue weighted by molar-refractivity contribution is 7.98. The fraction of sp³-hybridized carbons (Fsp3) is 0.143. The van der Waals surface area contributed by atoms with Crippen LogP contribution in [-0.4, -0.2) is 19.7 Å². The normalized spacial score (nSPS) is 11.4. The molecule has 0 aliphatic carbocycles. The molecule has 4 aromatic heterocycles. The van der Waals surface area contributed by atoms with Crippen LogP contribution in [0.2, 0.25) is 0 Å². The number of hydrogen-bond acceptors (Lipinski definition) is 8. The Bertz CT molecular complexity index is 1350. The molecule has 0 radical (unpaired) electrons. The predicted octanol–water partition coefficient (Wildman–Crippen LogP) is 5.55. The summed E-state index contributed by atoms with van der Waals surface area (Å²) in [5.74, 6) is 1.55. The van der Waals surface area contributed by atoms with E-state index in [1.165, 1.54) is 23.1 Å². The lowest BCUT2D eigenvalue weighted by Gasteiger charge is -2.09. The van der Waals surface area contributed by atoms with Crippen molar-refractivity contribution in [3.05, 3.63) is 69.5 Å². The van der Waals surface area contributed by atoms with Gasteiger partial charge in [0.2, 0.25) is 11.7 Å². The molecule has 150 valence electrons. The number of hydrogen-bond donors (Lipinski definition) is 0. The van der Waals surface area contributed by atoms with E-state index in [-0.39, 0.29) is 5.56 Å². The number of aromatic nitrogens is 4. The molecule has 5 rings (SSSR count). The number of rotatable bonds is 6. The van der Waals surface area contributed by atoms with Gasteiger partial charge in [0.1, 0.15) is 4.83 Å². The molecular weight excluding hydrogens is 436 g/mol. The van der Waals surface area contributed by atoms with Crippen molar-refractivity contribution < 1.29 is 4.52 Å². The molecule has 0 unspecified atom stereocenters. The summed E-state index contributed by atoms with van der Waals surface area (Å²) in [6, 6.07) is 13.9. The highest BCUT2D eigenvalue weighted by Gasteiger charge is 2.18. The van der Waals surface area contributed by atoms with E-state index in [1.807, 2.05) is 60.1 Å². The third-order valence-electron chi connectivity index (χ3n) is 4.59. The summed E-state index contributed by atoms with van der Waals surface area (Å²) in [6.07, 6.45) is 0. The van der Waals surface area contributed by atoms with Crippen molar-refractivity contribution in [2.45, 2.75) is 24.4 Å². The molecule has 1 aromatic carbocycles. The quantitative estimate of drug-likeness (QED) is 0.248. The van der Waals surface area contributed by atoms with Crippen molar-refractivity contribution in [3.8, 4) is 21.8 Å². The van der Waals surface area contributed by atoms with E-state index in [4.69, 9.17) is 9.51 Å². The molecule has 0 saturated heterocycles. The molecule has 9 heteroatoms. The maximum atomic E-state index is 13.3. The second kappa shape index (κ2) is 8.17. The van der Waals surface area contributed by atoms with Crippen molar-refractivity contribution in [2.75, 3.05) is 0 Å². The summed E-state index contributed by atoms with van der Waals surface area (Å²) in [5, 5.41) is 9.36. The first kappa shape index (κ1) is 19.2. The fourth-order valence-corrected chi connectivity index (χ4v) is 5.71. The minimum Gasteiger partial charge on any atom is -0.338 e. The Labute approximate surface area is 184 Å². The van der Waals surface area contributed by atoms with Gasteiger partial charge in [0.15, 0.2) is 5.16 Å². The van der Waals surface area contributed by atoms with Crippen LogP contribution >= 0.6 is 34.4 Å². The lowest BCUT2D eigenvalue weighted by Crippen LogP contribution is -2.22. The van der Waals surface area contributed by atoms with E-state index in [1.54, 1.807) is 15.9 Å². The predicted molar refractivity (Wildman–Crippen MR) is 122 cm³/mol. The van der Waals surface area contributed by atoms with Crippen LogP contribution in [0.15, 0.2) is 67.7 Å². The maximum Gasteiger partial charge on any atom is 0.263 e. The maximum absolute atomic E-state index is 13.3. The van der Waals surface area contributed by atoms with Gasteiger partial charge in [-0.2, -0.15) is 4.98 Å². The lowest BCUT2D eigenvalue weighted by atomic mass is 10.1. The Morgan fingerprint density at radius 1 is 1.10 bits per heavy atom. The van der Waals surface area contributed by atoms with Gasteiger partial charge in [0.25, 0.3) is 5.56 Å². The smallest absolute Gasteiger partial charge is 0.263 e. The summed E-state index contributed by atoms with van der Waals surface area (Å²) in [4.78, 5) is 24.2. The van der Waals surface area contributed by atoms with Gasteiger partial charge < -0.3 is 4.52 Å². The van der Waals surface area contributed by atoms with Crippen LogP contribution in [0.4, 0.5) is 0 Å². The minimum absolute atomic E-state index is 0.0186. The van der Waals surface area contributed by atoms with E-state index in [9.17, 15) is 4.79 Å². The van der Waals surface area contributed by atoms with Gasteiger partial charge in [-0.3, -0.25) is 9.36 Å². The highest BCUT2D eigenvalue weighted by atomic mass is 32.2. The lowest BCUT2D eigenvalue weighted by molar-refractivity contribution is 0.391. The molecular formula is C21H16N4O2S3. The van der Waals surface area contributed by atoms with Crippen molar-refractivity contribution in [1.82, 2.24) is 19.7 Å². The van der Waals surface area contributed by atoms with Gasteiger partial charge >= 0.3 is 0 Å². The highest BCUT2D eigenvalue weighted by Crippen LogP contribution is 2.32. The molecule has 0 N–H and O–H groups in total. The molecule has 4 heterocycles. The molecule has 0 spiro atoms. The van der Waals surface area contributed by atoms with Crippen LogP contribution in [0.1, 0.15) is 12.8 Å². The van der Waals surface area contributed by atoms with E-state index in [0.29, 0.717) is 34.6 Å². The Morgan fingerprint density at radius 3 is 2.73 bits per heavy atom. The molecule has 6 nitrogen and oxygen atoms in total. The summed E-state index contributed by atoms with van der Waals surface area (Å²) in [5.41, 5.74) is 1.94. The number of benzene rings is 1. The average molecular weight is 453 g/mol.